The first-order valence-electron chi connectivity index (χ1n) is 6.89. The van der Waals surface area contributed by atoms with Crippen LogP contribution in [-0.2, 0) is 5.41 Å². The lowest BCUT2D eigenvalue weighted by Crippen LogP contribution is -2.51. The van der Waals surface area contributed by atoms with E-state index >= 15 is 0 Å². The Balaban J connectivity index is 2.28. The van der Waals surface area contributed by atoms with E-state index < -0.39 is 0 Å². The molecule has 0 bridgehead atoms. The van der Waals surface area contributed by atoms with Crippen molar-refractivity contribution in [2.75, 3.05) is 13.6 Å². The Bertz CT molecular complexity index is 458. The van der Waals surface area contributed by atoms with Gasteiger partial charge in [0.05, 0.1) is 0 Å². The monoisotopic (exact) mass is 283 g/mol. The van der Waals surface area contributed by atoms with Gasteiger partial charge in [-0.15, -0.1) is 0 Å². The predicted octanol–water partition coefficient (Wildman–Crippen LogP) is 4.39. The fourth-order valence-corrected chi connectivity index (χ4v) is 3.58. The highest BCUT2D eigenvalue weighted by molar-refractivity contribution is 6.31. The van der Waals surface area contributed by atoms with Gasteiger partial charge in [-0.1, -0.05) is 38.4 Å². The average molecular weight is 284 g/mol. The molecule has 106 valence electrons. The van der Waals surface area contributed by atoms with E-state index in [0.717, 1.165) is 24.9 Å². The van der Waals surface area contributed by atoms with E-state index in [9.17, 15) is 4.39 Å². The van der Waals surface area contributed by atoms with Gasteiger partial charge in [0.2, 0.25) is 0 Å². The van der Waals surface area contributed by atoms with Gasteiger partial charge in [-0.05, 0) is 48.9 Å². The van der Waals surface area contributed by atoms with E-state index in [1.54, 1.807) is 0 Å². The van der Waals surface area contributed by atoms with Crippen LogP contribution in [0, 0.1) is 17.2 Å². The molecule has 1 aliphatic rings. The van der Waals surface area contributed by atoms with Crippen molar-refractivity contribution in [3.05, 3.63) is 34.6 Å². The summed E-state index contributed by atoms with van der Waals surface area (Å²) in [6.45, 7) is 7.75. The predicted molar refractivity (Wildman–Crippen MR) is 79.2 cm³/mol. The number of hydrogen-bond acceptors (Lipinski definition) is 1. The van der Waals surface area contributed by atoms with Crippen LogP contribution in [0.1, 0.15) is 39.2 Å². The molecule has 19 heavy (non-hydrogen) atoms. The molecule has 0 spiro atoms. The molecular formula is C16H23ClFN. The second kappa shape index (κ2) is 5.06. The second-order valence-corrected chi connectivity index (χ2v) is 7.31. The van der Waals surface area contributed by atoms with Crippen molar-refractivity contribution in [1.82, 2.24) is 5.32 Å². The zero-order valence-electron chi connectivity index (χ0n) is 12.2. The maximum absolute atomic E-state index is 13.2. The first kappa shape index (κ1) is 14.8. The molecule has 1 saturated carbocycles. The SMILES string of the molecule is CNCC1(c2ccc(F)cc2Cl)CC(C(C)(C)C)C1. The largest absolute Gasteiger partial charge is 0.319 e. The Morgan fingerprint density at radius 3 is 2.47 bits per heavy atom. The van der Waals surface area contributed by atoms with E-state index in [-0.39, 0.29) is 11.2 Å². The van der Waals surface area contributed by atoms with Crippen LogP contribution < -0.4 is 5.32 Å². The van der Waals surface area contributed by atoms with Gasteiger partial charge in [-0.25, -0.2) is 4.39 Å². The third kappa shape index (κ3) is 2.80. The maximum Gasteiger partial charge on any atom is 0.124 e. The molecule has 0 aliphatic heterocycles. The molecule has 1 N–H and O–H groups in total. The van der Waals surface area contributed by atoms with Gasteiger partial charge in [-0.2, -0.15) is 0 Å². The zero-order chi connectivity index (χ0) is 14.3. The Hall–Kier alpha value is -0.600. The van der Waals surface area contributed by atoms with Crippen LogP contribution in [0.2, 0.25) is 5.02 Å². The van der Waals surface area contributed by atoms with Crippen LogP contribution in [0.15, 0.2) is 18.2 Å². The summed E-state index contributed by atoms with van der Waals surface area (Å²) in [6.07, 6.45) is 2.23. The van der Waals surface area contributed by atoms with E-state index in [1.807, 2.05) is 13.1 Å². The van der Waals surface area contributed by atoms with Crippen LogP contribution in [0.25, 0.3) is 0 Å². The molecule has 0 saturated heterocycles. The Kier molecular flexibility index (Phi) is 3.95. The summed E-state index contributed by atoms with van der Waals surface area (Å²) >= 11 is 6.26. The van der Waals surface area contributed by atoms with E-state index in [2.05, 4.69) is 26.1 Å². The van der Waals surface area contributed by atoms with Crippen LogP contribution in [0.4, 0.5) is 4.39 Å². The molecule has 1 aromatic rings. The molecule has 3 heteroatoms. The lowest BCUT2D eigenvalue weighted by molar-refractivity contribution is 0.0461. The molecule has 1 nitrogen and oxygen atoms in total. The minimum absolute atomic E-state index is 0.0669. The lowest BCUT2D eigenvalue weighted by atomic mass is 9.52. The highest BCUT2D eigenvalue weighted by atomic mass is 35.5. The number of hydrogen-bond donors (Lipinski definition) is 1. The molecule has 0 aromatic heterocycles. The Morgan fingerprint density at radius 1 is 1.37 bits per heavy atom. The molecule has 0 amide bonds. The summed E-state index contributed by atoms with van der Waals surface area (Å²) in [6, 6.07) is 4.80. The highest BCUT2D eigenvalue weighted by Crippen LogP contribution is 2.55. The van der Waals surface area contributed by atoms with Crippen LogP contribution >= 0.6 is 11.6 Å². The van der Waals surface area contributed by atoms with Gasteiger partial charge in [0.25, 0.3) is 0 Å². The fourth-order valence-electron chi connectivity index (χ4n) is 3.21. The van der Waals surface area contributed by atoms with Crippen molar-refractivity contribution in [3.63, 3.8) is 0 Å². The minimum Gasteiger partial charge on any atom is -0.319 e. The quantitative estimate of drug-likeness (QED) is 0.867. The van der Waals surface area contributed by atoms with Gasteiger partial charge in [0.1, 0.15) is 5.82 Å². The van der Waals surface area contributed by atoms with Crippen LogP contribution in [0.5, 0.6) is 0 Å². The summed E-state index contributed by atoms with van der Waals surface area (Å²) in [7, 11) is 1.96. The molecule has 0 heterocycles. The number of rotatable bonds is 3. The first-order valence-corrected chi connectivity index (χ1v) is 7.26. The summed E-state index contributed by atoms with van der Waals surface area (Å²) in [5, 5.41) is 3.83. The van der Waals surface area contributed by atoms with Crippen molar-refractivity contribution in [2.24, 2.45) is 11.3 Å². The van der Waals surface area contributed by atoms with Crippen molar-refractivity contribution in [3.8, 4) is 0 Å². The van der Waals surface area contributed by atoms with Gasteiger partial charge in [-0.3, -0.25) is 0 Å². The third-order valence-corrected chi connectivity index (χ3v) is 4.83. The van der Waals surface area contributed by atoms with Crippen molar-refractivity contribution in [2.45, 2.75) is 39.0 Å². The standard InChI is InChI=1S/C16H23ClFN/c1-15(2,3)11-8-16(9-11,10-19-4)13-6-5-12(18)7-14(13)17/h5-7,11,19H,8-10H2,1-4H3. The topological polar surface area (TPSA) is 12.0 Å². The number of nitrogens with one attached hydrogen (secondary N) is 1. The summed E-state index contributed by atoms with van der Waals surface area (Å²) in [4.78, 5) is 0. The van der Waals surface area contributed by atoms with Crippen molar-refractivity contribution < 1.29 is 4.39 Å². The van der Waals surface area contributed by atoms with Gasteiger partial charge < -0.3 is 5.32 Å². The van der Waals surface area contributed by atoms with E-state index in [4.69, 9.17) is 11.6 Å². The second-order valence-electron chi connectivity index (χ2n) is 6.91. The average Bonchev–Trinajstić information content (AvgIpc) is 2.22. The fraction of sp³-hybridized carbons (Fsp3) is 0.625. The Labute approximate surface area is 120 Å². The molecule has 1 fully saturated rings. The molecule has 1 aromatic carbocycles. The lowest BCUT2D eigenvalue weighted by Gasteiger charge is -2.53. The zero-order valence-corrected chi connectivity index (χ0v) is 12.9. The minimum atomic E-state index is -0.264. The highest BCUT2D eigenvalue weighted by Gasteiger charge is 2.49. The van der Waals surface area contributed by atoms with Crippen LogP contribution in [-0.4, -0.2) is 13.6 Å². The molecule has 0 radical (unpaired) electrons. The summed E-state index contributed by atoms with van der Waals surface area (Å²) < 4.78 is 13.2. The normalized spacial score (nSPS) is 27.2. The molecule has 0 unspecified atom stereocenters. The Morgan fingerprint density at radius 2 is 2.00 bits per heavy atom. The number of likely N-dealkylation sites (N-methyl/N-ethyl adjacent to an activating group) is 1. The summed E-state index contributed by atoms with van der Waals surface area (Å²) in [5.74, 6) is 0.432. The van der Waals surface area contributed by atoms with Crippen molar-refractivity contribution >= 4 is 11.6 Å². The van der Waals surface area contributed by atoms with Gasteiger partial charge in [0.15, 0.2) is 0 Å². The van der Waals surface area contributed by atoms with Crippen LogP contribution in [0.3, 0.4) is 0 Å². The first-order chi connectivity index (χ1) is 8.78. The number of halogens is 2. The maximum atomic E-state index is 13.2. The van der Waals surface area contributed by atoms with Gasteiger partial charge >= 0.3 is 0 Å². The third-order valence-electron chi connectivity index (χ3n) is 4.52. The van der Waals surface area contributed by atoms with E-state index in [1.165, 1.54) is 12.1 Å². The molecule has 2 rings (SSSR count). The molecule has 0 atom stereocenters. The van der Waals surface area contributed by atoms with Gasteiger partial charge in [0, 0.05) is 17.0 Å². The molecular weight excluding hydrogens is 261 g/mol. The smallest absolute Gasteiger partial charge is 0.124 e. The number of benzene rings is 1. The summed E-state index contributed by atoms with van der Waals surface area (Å²) in [5.41, 5.74) is 1.48. The van der Waals surface area contributed by atoms with Crippen molar-refractivity contribution in [1.29, 1.82) is 0 Å². The molecule has 1 aliphatic carbocycles. The van der Waals surface area contributed by atoms with E-state index in [0.29, 0.717) is 16.4 Å².